The number of benzene rings is 2. The molecule has 4 nitrogen and oxygen atoms in total. The highest BCUT2D eigenvalue weighted by Gasteiger charge is 2.14. The molecule has 0 radical (unpaired) electrons. The molecule has 1 saturated heterocycles. The lowest BCUT2D eigenvalue weighted by Crippen LogP contribution is -2.44. The van der Waals surface area contributed by atoms with Crippen molar-refractivity contribution >= 4 is 39.1 Å². The van der Waals surface area contributed by atoms with Crippen molar-refractivity contribution in [3.05, 3.63) is 64.3 Å². The second kappa shape index (κ2) is 7.64. The fourth-order valence-electron chi connectivity index (χ4n) is 3.40. The maximum atomic E-state index is 4.47. The smallest absolute Gasteiger partial charge is 0.0646 e. The Balaban J connectivity index is 1.46. The fraction of sp³-hybridized carbons (Fsp3) is 0.286. The summed E-state index contributed by atoms with van der Waals surface area (Å²) < 4.78 is 1.10. The average Bonchev–Trinajstić information content (AvgIpc) is 2.67. The van der Waals surface area contributed by atoms with Crippen LogP contribution in [0, 0.1) is 0 Å². The molecular weight excluding hydrogens is 388 g/mol. The zero-order chi connectivity index (χ0) is 17.9. The average molecular weight is 411 g/mol. The lowest BCUT2D eigenvalue weighted by molar-refractivity contribution is 0.313. The summed E-state index contributed by atoms with van der Waals surface area (Å²) in [4.78, 5) is 9.29. The van der Waals surface area contributed by atoms with Crippen LogP contribution in [0.25, 0.3) is 5.57 Å². The Labute approximate surface area is 163 Å². The van der Waals surface area contributed by atoms with Crippen molar-refractivity contribution in [2.45, 2.75) is 6.54 Å². The van der Waals surface area contributed by atoms with Gasteiger partial charge in [0.25, 0.3) is 0 Å². The number of allylic oxidation sites excluding steroid dienone is 1. The summed E-state index contributed by atoms with van der Waals surface area (Å²) in [6.45, 7) is 5.18. The van der Waals surface area contributed by atoms with E-state index in [9.17, 15) is 0 Å². The first-order valence-corrected chi connectivity index (χ1v) is 9.77. The van der Waals surface area contributed by atoms with Crippen LogP contribution in [0.1, 0.15) is 11.1 Å². The van der Waals surface area contributed by atoms with E-state index in [1.807, 2.05) is 12.4 Å². The molecule has 0 amide bonds. The van der Waals surface area contributed by atoms with Crippen LogP contribution >= 0.6 is 15.9 Å². The van der Waals surface area contributed by atoms with E-state index in [2.05, 4.69) is 85.6 Å². The molecule has 0 aromatic heterocycles. The number of fused-ring (bicyclic) bond motifs is 1. The van der Waals surface area contributed by atoms with E-state index >= 15 is 0 Å². The number of halogens is 1. The Bertz CT molecular complexity index is 834. The molecule has 1 fully saturated rings. The van der Waals surface area contributed by atoms with Crippen molar-refractivity contribution in [1.29, 1.82) is 0 Å². The number of aliphatic imine (C=N–C) groups is 1. The Morgan fingerprint density at radius 2 is 1.81 bits per heavy atom. The minimum absolute atomic E-state index is 0.742. The molecule has 4 rings (SSSR count). The third kappa shape index (κ3) is 3.84. The summed E-state index contributed by atoms with van der Waals surface area (Å²) in [5.41, 5.74) is 5.99. The third-order valence-corrected chi connectivity index (χ3v) is 5.49. The first kappa shape index (κ1) is 17.3. The summed E-state index contributed by atoms with van der Waals surface area (Å²) in [6, 6.07) is 15.1. The van der Waals surface area contributed by atoms with Gasteiger partial charge in [-0.3, -0.25) is 4.99 Å². The van der Waals surface area contributed by atoms with Gasteiger partial charge in [0, 0.05) is 60.0 Å². The number of piperazine rings is 1. The lowest BCUT2D eigenvalue weighted by atomic mass is 9.99. The molecule has 2 heterocycles. The van der Waals surface area contributed by atoms with Crippen molar-refractivity contribution in [1.82, 2.24) is 4.90 Å². The number of hydrogen-bond donors (Lipinski definition) is 1. The number of hydrogen-bond acceptors (Lipinski definition) is 4. The van der Waals surface area contributed by atoms with E-state index in [0.717, 1.165) is 48.5 Å². The van der Waals surface area contributed by atoms with Crippen molar-refractivity contribution < 1.29 is 0 Å². The largest absolute Gasteiger partial charge is 0.369 e. The summed E-state index contributed by atoms with van der Waals surface area (Å²) in [5, 5.41) is 3.42. The van der Waals surface area contributed by atoms with Gasteiger partial charge in [0.1, 0.15) is 0 Å². The van der Waals surface area contributed by atoms with Gasteiger partial charge in [-0.15, -0.1) is 0 Å². The monoisotopic (exact) mass is 410 g/mol. The van der Waals surface area contributed by atoms with Crippen molar-refractivity contribution in [2.24, 2.45) is 4.99 Å². The predicted molar refractivity (Wildman–Crippen MR) is 114 cm³/mol. The second-order valence-electron chi connectivity index (χ2n) is 6.85. The minimum Gasteiger partial charge on any atom is -0.369 e. The fourth-order valence-corrected chi connectivity index (χ4v) is 3.80. The number of likely N-dealkylation sites (N-methyl/N-ethyl adjacent to an activating group) is 1. The van der Waals surface area contributed by atoms with Gasteiger partial charge in [0.15, 0.2) is 0 Å². The molecule has 2 aliphatic rings. The highest BCUT2D eigenvalue weighted by molar-refractivity contribution is 9.10. The number of nitrogens with zero attached hydrogens (tertiary/aromatic N) is 3. The van der Waals surface area contributed by atoms with E-state index in [0.29, 0.717) is 0 Å². The van der Waals surface area contributed by atoms with Gasteiger partial charge in [0.05, 0.1) is 6.54 Å². The maximum Gasteiger partial charge on any atom is 0.0646 e. The molecule has 0 saturated carbocycles. The molecule has 0 unspecified atom stereocenters. The first-order chi connectivity index (χ1) is 12.7. The van der Waals surface area contributed by atoms with E-state index < -0.39 is 0 Å². The molecule has 134 valence electrons. The Hall–Kier alpha value is -2.11. The molecule has 0 spiro atoms. The van der Waals surface area contributed by atoms with Crippen molar-refractivity contribution in [3.63, 3.8) is 0 Å². The van der Waals surface area contributed by atoms with E-state index in [1.54, 1.807) is 0 Å². The second-order valence-corrected chi connectivity index (χ2v) is 7.77. The standard InChI is InChI=1S/C21H23BrN4/c1-25-8-10-26(11-9-25)20-5-3-19(4-6-20)24-15-17-14-23-13-16-12-18(22)2-7-21(16)17/h2-7,12,14-15,24H,8-11,13H2,1H3/b17-15+. The number of rotatable bonds is 3. The summed E-state index contributed by atoms with van der Waals surface area (Å²) in [7, 11) is 2.18. The van der Waals surface area contributed by atoms with Gasteiger partial charge in [0.2, 0.25) is 0 Å². The molecule has 0 aliphatic carbocycles. The van der Waals surface area contributed by atoms with Crippen LogP contribution in [0.4, 0.5) is 11.4 Å². The molecule has 26 heavy (non-hydrogen) atoms. The molecule has 0 atom stereocenters. The van der Waals surface area contributed by atoms with Crippen LogP contribution in [0.3, 0.4) is 0 Å². The zero-order valence-electron chi connectivity index (χ0n) is 15.0. The van der Waals surface area contributed by atoms with Crippen LogP contribution < -0.4 is 10.2 Å². The zero-order valence-corrected chi connectivity index (χ0v) is 16.5. The van der Waals surface area contributed by atoms with Crippen LogP contribution in [0.2, 0.25) is 0 Å². The van der Waals surface area contributed by atoms with Gasteiger partial charge in [-0.25, -0.2) is 0 Å². The highest BCUT2D eigenvalue weighted by atomic mass is 79.9. The van der Waals surface area contributed by atoms with Crippen LogP contribution in [0.5, 0.6) is 0 Å². The molecule has 2 aromatic carbocycles. The Kier molecular flexibility index (Phi) is 5.09. The molecule has 2 aromatic rings. The Morgan fingerprint density at radius 3 is 2.58 bits per heavy atom. The maximum absolute atomic E-state index is 4.47. The SMILES string of the molecule is CN1CCN(c2ccc(N/C=C3\C=NCc4cc(Br)ccc43)cc2)CC1. The van der Waals surface area contributed by atoms with Gasteiger partial charge < -0.3 is 15.1 Å². The molecular formula is C21H23BrN4. The van der Waals surface area contributed by atoms with Crippen LogP contribution in [-0.4, -0.2) is 44.3 Å². The summed E-state index contributed by atoms with van der Waals surface area (Å²) >= 11 is 3.54. The van der Waals surface area contributed by atoms with E-state index in [-0.39, 0.29) is 0 Å². The van der Waals surface area contributed by atoms with Crippen LogP contribution in [0.15, 0.2) is 58.1 Å². The molecule has 2 aliphatic heterocycles. The van der Waals surface area contributed by atoms with Crippen molar-refractivity contribution in [3.8, 4) is 0 Å². The summed E-state index contributed by atoms with van der Waals surface area (Å²) in [5.74, 6) is 0. The van der Waals surface area contributed by atoms with Crippen LogP contribution in [-0.2, 0) is 6.54 Å². The minimum atomic E-state index is 0.742. The highest BCUT2D eigenvalue weighted by Crippen LogP contribution is 2.26. The van der Waals surface area contributed by atoms with Gasteiger partial charge in [-0.1, -0.05) is 22.0 Å². The first-order valence-electron chi connectivity index (χ1n) is 8.98. The molecule has 1 N–H and O–H groups in total. The summed E-state index contributed by atoms with van der Waals surface area (Å²) in [6.07, 6.45) is 3.99. The van der Waals surface area contributed by atoms with Gasteiger partial charge in [-0.2, -0.15) is 0 Å². The number of anilines is 2. The van der Waals surface area contributed by atoms with E-state index in [4.69, 9.17) is 0 Å². The Morgan fingerprint density at radius 1 is 1.04 bits per heavy atom. The van der Waals surface area contributed by atoms with Gasteiger partial charge in [-0.05, 0) is 54.6 Å². The van der Waals surface area contributed by atoms with E-state index in [1.165, 1.54) is 16.8 Å². The third-order valence-electron chi connectivity index (χ3n) is 5.00. The van der Waals surface area contributed by atoms with Gasteiger partial charge >= 0.3 is 0 Å². The number of nitrogens with one attached hydrogen (secondary N) is 1. The quantitative estimate of drug-likeness (QED) is 0.820. The lowest BCUT2D eigenvalue weighted by Gasteiger charge is -2.34. The topological polar surface area (TPSA) is 30.9 Å². The normalized spacial score (nSPS) is 18.8. The molecule has 5 heteroatoms. The van der Waals surface area contributed by atoms with Crippen molar-refractivity contribution in [2.75, 3.05) is 43.4 Å². The molecule has 0 bridgehead atoms. The predicted octanol–water partition coefficient (Wildman–Crippen LogP) is 4.24.